The Morgan fingerprint density at radius 2 is 1.76 bits per heavy atom. The number of nitro benzene ring substituents is 1. The molecule has 0 aromatic heterocycles. The highest BCUT2D eigenvalue weighted by atomic mass is 32.3. The van der Waals surface area contributed by atoms with E-state index in [4.69, 9.17) is 18.6 Å². The zero-order chi connectivity index (χ0) is 22.0. The van der Waals surface area contributed by atoms with E-state index in [2.05, 4.69) is 4.18 Å². The topological polar surface area (TPSA) is 232 Å². The number of non-ortho nitro benzene ring substituents is 1. The molecule has 164 valence electrons. The van der Waals surface area contributed by atoms with Gasteiger partial charge in [-0.3, -0.25) is 19.2 Å². The van der Waals surface area contributed by atoms with Gasteiger partial charge in [-0.25, -0.2) is 4.18 Å². The molecule has 1 aromatic carbocycles. The highest BCUT2D eigenvalue weighted by molar-refractivity contribution is 7.83. The average Bonchev–Trinajstić information content (AvgIpc) is 2.59. The molecule has 15 nitrogen and oxygen atoms in total. The van der Waals surface area contributed by atoms with E-state index < -0.39 is 62.9 Å². The molecule has 5 N–H and O–H groups in total. The van der Waals surface area contributed by atoms with Crippen molar-refractivity contribution in [3.63, 3.8) is 0 Å². The monoisotopic (exact) mass is 460 g/mol. The zero-order valence-corrected chi connectivity index (χ0v) is 15.8. The third kappa shape index (κ3) is 6.52. The maximum Gasteiger partial charge on any atom is 0.397 e. The summed E-state index contributed by atoms with van der Waals surface area (Å²) in [5.41, 5.74) is -0.288. The Hall–Kier alpha value is -1.96. The van der Waals surface area contributed by atoms with E-state index >= 15 is 0 Å². The van der Waals surface area contributed by atoms with Crippen LogP contribution in [0.25, 0.3) is 0 Å². The predicted octanol–water partition coefficient (Wildman–Crippen LogP) is -2.00. The van der Waals surface area contributed by atoms with Crippen LogP contribution in [-0.2, 0) is 29.6 Å². The third-order valence-electron chi connectivity index (χ3n) is 3.67. The number of benzene rings is 1. The molecule has 0 saturated carbocycles. The second-order valence-electron chi connectivity index (χ2n) is 5.69. The smallest absolute Gasteiger partial charge is 0.397 e. The van der Waals surface area contributed by atoms with E-state index in [1.54, 1.807) is 4.72 Å². The van der Waals surface area contributed by atoms with Gasteiger partial charge in [-0.05, 0) is 12.1 Å². The van der Waals surface area contributed by atoms with Gasteiger partial charge in [-0.2, -0.15) is 21.6 Å². The molecule has 0 radical (unpaired) electrons. The van der Waals surface area contributed by atoms with E-state index in [9.17, 15) is 37.2 Å². The van der Waals surface area contributed by atoms with Crippen LogP contribution < -0.4 is 9.46 Å². The van der Waals surface area contributed by atoms with Crippen molar-refractivity contribution in [2.24, 2.45) is 0 Å². The second kappa shape index (κ2) is 8.81. The van der Waals surface area contributed by atoms with Crippen molar-refractivity contribution < 1.29 is 54.7 Å². The summed E-state index contributed by atoms with van der Waals surface area (Å²) < 4.78 is 78.4. The van der Waals surface area contributed by atoms with Crippen LogP contribution in [0, 0.1) is 10.1 Å². The molecule has 1 aliphatic heterocycles. The predicted molar refractivity (Wildman–Crippen MR) is 90.4 cm³/mol. The number of nitro groups is 1. The van der Waals surface area contributed by atoms with Crippen LogP contribution in [0.4, 0.5) is 5.69 Å². The Balaban J connectivity index is 2.33. The molecule has 17 heteroatoms. The van der Waals surface area contributed by atoms with Crippen LogP contribution in [-0.4, -0.2) is 78.3 Å². The van der Waals surface area contributed by atoms with Crippen molar-refractivity contribution in [1.82, 2.24) is 4.72 Å². The number of rotatable bonds is 8. The average molecular weight is 460 g/mol. The third-order valence-corrected chi connectivity index (χ3v) is 4.71. The van der Waals surface area contributed by atoms with Crippen LogP contribution in [0.1, 0.15) is 0 Å². The Labute approximate surface area is 163 Å². The highest BCUT2D eigenvalue weighted by Gasteiger charge is 2.50. The van der Waals surface area contributed by atoms with Gasteiger partial charge in [0.05, 0.1) is 11.5 Å². The van der Waals surface area contributed by atoms with Crippen LogP contribution in [0.15, 0.2) is 24.3 Å². The largest absolute Gasteiger partial charge is 0.463 e. The number of aliphatic hydroxyl groups excluding tert-OH is 2. The first kappa shape index (κ1) is 23.3. The van der Waals surface area contributed by atoms with Crippen molar-refractivity contribution in [2.45, 2.75) is 30.6 Å². The number of hydrogen-bond donors (Lipinski definition) is 5. The lowest BCUT2D eigenvalue weighted by atomic mass is 9.98. The van der Waals surface area contributed by atoms with E-state index in [0.29, 0.717) is 0 Å². The van der Waals surface area contributed by atoms with Crippen LogP contribution in [0.2, 0.25) is 0 Å². The minimum atomic E-state index is -5.15. The Morgan fingerprint density at radius 3 is 2.21 bits per heavy atom. The van der Waals surface area contributed by atoms with Crippen molar-refractivity contribution in [1.29, 1.82) is 0 Å². The molecule has 0 amide bonds. The molecule has 1 aromatic rings. The summed E-state index contributed by atoms with van der Waals surface area (Å²) in [5.74, 6) is -0.0965. The molecule has 5 atom stereocenters. The molecule has 1 aliphatic rings. The van der Waals surface area contributed by atoms with Crippen LogP contribution in [0.3, 0.4) is 0 Å². The van der Waals surface area contributed by atoms with Gasteiger partial charge in [0.2, 0.25) is 6.29 Å². The summed E-state index contributed by atoms with van der Waals surface area (Å²) in [5, 5.41) is 30.4. The number of aliphatic hydroxyl groups is 2. The lowest BCUT2D eigenvalue weighted by Crippen LogP contribution is -2.66. The minimum Gasteiger partial charge on any atom is -0.463 e. The Morgan fingerprint density at radius 1 is 1.17 bits per heavy atom. The first-order valence-electron chi connectivity index (χ1n) is 7.56. The molecule has 1 heterocycles. The van der Waals surface area contributed by atoms with Gasteiger partial charge >= 0.3 is 20.7 Å². The number of ether oxygens (including phenoxy) is 2. The molecule has 0 aliphatic carbocycles. The van der Waals surface area contributed by atoms with E-state index in [-0.39, 0.29) is 11.4 Å². The minimum absolute atomic E-state index is 0.0965. The van der Waals surface area contributed by atoms with Gasteiger partial charge in [0.15, 0.2) is 0 Å². The van der Waals surface area contributed by atoms with E-state index in [0.717, 1.165) is 24.3 Å². The lowest BCUT2D eigenvalue weighted by molar-refractivity contribution is -0.384. The fraction of sp³-hybridized carbons (Fsp3) is 0.500. The normalized spacial score (nSPS) is 28.1. The summed E-state index contributed by atoms with van der Waals surface area (Å²) >= 11 is 0. The molecule has 0 bridgehead atoms. The van der Waals surface area contributed by atoms with Crippen LogP contribution in [0.5, 0.6) is 5.75 Å². The zero-order valence-electron chi connectivity index (χ0n) is 14.1. The Kier molecular flexibility index (Phi) is 7.09. The van der Waals surface area contributed by atoms with Crippen LogP contribution >= 0.6 is 0 Å². The van der Waals surface area contributed by atoms with Crippen molar-refractivity contribution in [2.75, 3.05) is 6.61 Å². The number of hydrogen-bond acceptors (Lipinski definition) is 11. The van der Waals surface area contributed by atoms with Gasteiger partial charge in [0, 0.05) is 12.1 Å². The molecular weight excluding hydrogens is 444 g/mol. The van der Waals surface area contributed by atoms with Gasteiger partial charge in [-0.15, -0.1) is 0 Å². The van der Waals surface area contributed by atoms with Gasteiger partial charge in [0.1, 0.15) is 30.1 Å². The van der Waals surface area contributed by atoms with Crippen molar-refractivity contribution in [3.8, 4) is 5.75 Å². The molecule has 29 heavy (non-hydrogen) atoms. The fourth-order valence-corrected chi connectivity index (χ4v) is 3.62. The second-order valence-corrected chi connectivity index (χ2v) is 7.93. The summed E-state index contributed by atoms with van der Waals surface area (Å²) in [7, 11) is -10.1. The standard InChI is InChI=1S/C12H16N2O13S2/c15-5-8-11(27-29(22,23)24)10(16)9(13-28(19,20)21)12(26-8)25-7-3-1-6(2-4-7)14(17)18/h1-4,8-13,15-16H,5H2,(H,19,20,21)(H,22,23,24)/t8-,9-,10-,11-,12-/m1/s1. The molecular formula is C12H16N2O13S2. The SMILES string of the molecule is O=[N+]([O-])c1ccc(O[C@@H]2O[C@H](CO)[C@@H](OS(=O)(=O)O)[C@H](O)[C@H]2NS(=O)(=O)O)cc1. The molecule has 1 saturated heterocycles. The number of nitrogens with one attached hydrogen (secondary N) is 1. The summed E-state index contributed by atoms with van der Waals surface area (Å²) in [6.45, 7) is -0.948. The highest BCUT2D eigenvalue weighted by Crippen LogP contribution is 2.28. The molecule has 1 fully saturated rings. The summed E-state index contributed by atoms with van der Waals surface area (Å²) in [6, 6.07) is 2.45. The fourth-order valence-electron chi connectivity index (χ4n) is 2.50. The first-order chi connectivity index (χ1) is 13.3. The summed E-state index contributed by atoms with van der Waals surface area (Å²) in [4.78, 5) is 9.99. The first-order valence-corrected chi connectivity index (χ1v) is 10.4. The molecule has 2 rings (SSSR count). The van der Waals surface area contributed by atoms with Crippen molar-refractivity contribution >= 4 is 26.4 Å². The van der Waals surface area contributed by atoms with E-state index in [1.807, 2.05) is 0 Å². The lowest BCUT2D eigenvalue weighted by Gasteiger charge is -2.42. The van der Waals surface area contributed by atoms with Gasteiger partial charge in [0.25, 0.3) is 5.69 Å². The maximum absolute atomic E-state index is 11.2. The Bertz CT molecular complexity index is 933. The summed E-state index contributed by atoms with van der Waals surface area (Å²) in [6.07, 6.45) is -7.46. The quantitative estimate of drug-likeness (QED) is 0.161. The van der Waals surface area contributed by atoms with Gasteiger partial charge < -0.3 is 19.7 Å². The molecule has 0 spiro atoms. The molecule has 0 unspecified atom stereocenters. The number of nitrogens with zero attached hydrogens (tertiary/aromatic N) is 1. The van der Waals surface area contributed by atoms with Gasteiger partial charge in [-0.1, -0.05) is 0 Å². The van der Waals surface area contributed by atoms with Crippen molar-refractivity contribution in [3.05, 3.63) is 34.4 Å². The van der Waals surface area contributed by atoms with E-state index in [1.165, 1.54) is 0 Å². The maximum atomic E-state index is 11.2.